The van der Waals surface area contributed by atoms with Gasteiger partial charge >= 0.3 is 0 Å². The Morgan fingerprint density at radius 1 is 1.15 bits per heavy atom. The molecule has 3 nitrogen and oxygen atoms in total. The van der Waals surface area contributed by atoms with Crippen LogP contribution in [0.15, 0.2) is 6.07 Å². The second-order valence-electron chi connectivity index (χ2n) is 6.08. The second kappa shape index (κ2) is 6.26. The molecule has 0 amide bonds. The molecule has 1 heterocycles. The zero-order valence-electron chi connectivity index (χ0n) is 12.0. The van der Waals surface area contributed by atoms with Gasteiger partial charge in [0, 0.05) is 5.69 Å². The molecule has 106 valence electrons. The molecule has 0 saturated heterocycles. The van der Waals surface area contributed by atoms with Gasteiger partial charge in [0.1, 0.15) is 11.6 Å². The molecule has 1 saturated carbocycles. The number of ether oxygens (including phenoxy) is 1. The first-order valence-electron chi connectivity index (χ1n) is 7.92. The lowest BCUT2D eigenvalue weighted by Gasteiger charge is -2.22. The molecule has 20 heavy (non-hydrogen) atoms. The van der Waals surface area contributed by atoms with Crippen molar-refractivity contribution < 1.29 is 4.74 Å². The van der Waals surface area contributed by atoms with Crippen molar-refractivity contribution in [3.63, 3.8) is 0 Å². The Kier molecular flexibility index (Phi) is 4.20. The van der Waals surface area contributed by atoms with Crippen molar-refractivity contribution in [1.82, 2.24) is 4.98 Å². The number of aromatic nitrogens is 1. The Hall–Kier alpha value is -1.56. The van der Waals surface area contributed by atoms with Crippen molar-refractivity contribution in [2.75, 3.05) is 6.61 Å². The van der Waals surface area contributed by atoms with E-state index in [2.05, 4.69) is 11.1 Å². The fourth-order valence-corrected chi connectivity index (χ4v) is 3.36. The van der Waals surface area contributed by atoms with E-state index in [9.17, 15) is 5.26 Å². The van der Waals surface area contributed by atoms with E-state index in [0.717, 1.165) is 25.1 Å². The first-order chi connectivity index (χ1) is 9.86. The van der Waals surface area contributed by atoms with E-state index >= 15 is 0 Å². The molecule has 0 aliphatic heterocycles. The molecule has 2 aliphatic rings. The molecule has 3 heteroatoms. The minimum atomic E-state index is 0.568. The van der Waals surface area contributed by atoms with Crippen LogP contribution in [0.25, 0.3) is 0 Å². The fraction of sp³-hybridized carbons (Fsp3) is 0.647. The molecule has 0 N–H and O–H groups in total. The smallest absolute Gasteiger partial charge is 0.231 e. The minimum absolute atomic E-state index is 0.568. The van der Waals surface area contributed by atoms with Crippen LogP contribution in [0.1, 0.15) is 61.8 Å². The predicted octanol–water partition coefficient (Wildman–Crippen LogP) is 3.79. The van der Waals surface area contributed by atoms with Gasteiger partial charge in [-0.3, -0.25) is 0 Å². The van der Waals surface area contributed by atoms with E-state index in [-0.39, 0.29) is 0 Å². The van der Waals surface area contributed by atoms with Crippen LogP contribution in [0.5, 0.6) is 5.88 Å². The highest BCUT2D eigenvalue weighted by Crippen LogP contribution is 2.28. The maximum absolute atomic E-state index is 9.29. The van der Waals surface area contributed by atoms with Crippen molar-refractivity contribution in [1.29, 1.82) is 5.26 Å². The molecular weight excluding hydrogens is 248 g/mol. The molecular formula is C17H22N2O. The number of fused-ring (bicyclic) bond motifs is 1. The van der Waals surface area contributed by atoms with Gasteiger partial charge in [-0.05, 0) is 56.1 Å². The van der Waals surface area contributed by atoms with Crippen LogP contribution >= 0.6 is 0 Å². The summed E-state index contributed by atoms with van der Waals surface area (Å²) < 4.78 is 5.90. The molecule has 1 aromatic heterocycles. The molecule has 0 atom stereocenters. The number of pyridine rings is 1. The summed E-state index contributed by atoms with van der Waals surface area (Å²) in [6.07, 6.45) is 11.0. The lowest BCUT2D eigenvalue weighted by atomic mass is 9.90. The van der Waals surface area contributed by atoms with Crippen LogP contribution in [0, 0.1) is 17.2 Å². The van der Waals surface area contributed by atoms with Crippen LogP contribution in [0.3, 0.4) is 0 Å². The van der Waals surface area contributed by atoms with Crippen molar-refractivity contribution in [2.45, 2.75) is 57.8 Å². The summed E-state index contributed by atoms with van der Waals surface area (Å²) in [7, 11) is 0. The molecule has 0 unspecified atom stereocenters. The number of nitriles is 1. The highest BCUT2D eigenvalue weighted by atomic mass is 16.5. The van der Waals surface area contributed by atoms with Crippen LogP contribution in [-0.2, 0) is 12.8 Å². The van der Waals surface area contributed by atoms with Gasteiger partial charge in [-0.2, -0.15) is 5.26 Å². The van der Waals surface area contributed by atoms with E-state index in [4.69, 9.17) is 4.74 Å². The third kappa shape index (κ3) is 2.95. The Morgan fingerprint density at radius 2 is 1.95 bits per heavy atom. The maximum atomic E-state index is 9.29. The molecule has 1 fully saturated rings. The lowest BCUT2D eigenvalue weighted by molar-refractivity contribution is 0.202. The van der Waals surface area contributed by atoms with Crippen LogP contribution in [0.4, 0.5) is 0 Å². The average molecular weight is 270 g/mol. The van der Waals surface area contributed by atoms with Gasteiger partial charge in [-0.1, -0.05) is 19.3 Å². The van der Waals surface area contributed by atoms with Crippen molar-refractivity contribution in [2.24, 2.45) is 5.92 Å². The number of hydrogen-bond acceptors (Lipinski definition) is 3. The third-order valence-electron chi connectivity index (χ3n) is 4.57. The SMILES string of the molecule is N#Cc1cc2c(nc1OCC1CCCCC1)CCCC2. The second-order valence-corrected chi connectivity index (χ2v) is 6.08. The van der Waals surface area contributed by atoms with Gasteiger partial charge in [0.25, 0.3) is 0 Å². The van der Waals surface area contributed by atoms with Crippen molar-refractivity contribution in [3.05, 3.63) is 22.9 Å². The number of aryl methyl sites for hydroxylation is 2. The molecule has 3 rings (SSSR count). The molecule has 0 radical (unpaired) electrons. The van der Waals surface area contributed by atoms with E-state index in [1.54, 1.807) is 0 Å². The van der Waals surface area contributed by atoms with Gasteiger partial charge in [-0.15, -0.1) is 0 Å². The van der Waals surface area contributed by atoms with Crippen LogP contribution in [0.2, 0.25) is 0 Å². The summed E-state index contributed by atoms with van der Waals surface area (Å²) in [5.74, 6) is 1.21. The summed E-state index contributed by atoms with van der Waals surface area (Å²) in [6.45, 7) is 0.723. The number of nitrogens with zero attached hydrogens (tertiary/aromatic N) is 2. The Bertz CT molecular complexity index is 512. The van der Waals surface area contributed by atoms with Crippen molar-refractivity contribution in [3.8, 4) is 11.9 Å². The van der Waals surface area contributed by atoms with E-state index in [1.807, 2.05) is 6.07 Å². The summed E-state index contributed by atoms with van der Waals surface area (Å²) in [6, 6.07) is 4.24. The summed E-state index contributed by atoms with van der Waals surface area (Å²) in [4.78, 5) is 4.62. The average Bonchev–Trinajstić information content (AvgIpc) is 2.53. The van der Waals surface area contributed by atoms with E-state index in [1.165, 1.54) is 50.5 Å². The number of rotatable bonds is 3. The Morgan fingerprint density at radius 3 is 2.75 bits per heavy atom. The number of hydrogen-bond donors (Lipinski definition) is 0. The Labute approximate surface area is 121 Å². The van der Waals surface area contributed by atoms with Crippen LogP contribution in [-0.4, -0.2) is 11.6 Å². The van der Waals surface area contributed by atoms with Gasteiger partial charge < -0.3 is 4.74 Å². The molecule has 0 aromatic carbocycles. The highest BCUT2D eigenvalue weighted by molar-refractivity contribution is 5.43. The largest absolute Gasteiger partial charge is 0.476 e. The standard InChI is InChI=1S/C17H22N2O/c18-11-15-10-14-8-4-5-9-16(14)19-17(15)20-12-13-6-2-1-3-7-13/h10,13H,1-9,12H2. The van der Waals surface area contributed by atoms with E-state index < -0.39 is 0 Å². The molecule has 1 aromatic rings. The van der Waals surface area contributed by atoms with Crippen molar-refractivity contribution >= 4 is 0 Å². The molecule has 2 aliphatic carbocycles. The summed E-state index contributed by atoms with van der Waals surface area (Å²) in [5.41, 5.74) is 3.01. The first-order valence-corrected chi connectivity index (χ1v) is 7.92. The quantitative estimate of drug-likeness (QED) is 0.839. The minimum Gasteiger partial charge on any atom is -0.476 e. The fourth-order valence-electron chi connectivity index (χ4n) is 3.36. The maximum Gasteiger partial charge on any atom is 0.231 e. The first kappa shape index (κ1) is 13.4. The predicted molar refractivity (Wildman–Crippen MR) is 77.7 cm³/mol. The van der Waals surface area contributed by atoms with Gasteiger partial charge in [0.05, 0.1) is 6.61 Å². The zero-order chi connectivity index (χ0) is 13.8. The highest BCUT2D eigenvalue weighted by Gasteiger charge is 2.18. The van der Waals surface area contributed by atoms with E-state index in [0.29, 0.717) is 17.4 Å². The monoisotopic (exact) mass is 270 g/mol. The third-order valence-corrected chi connectivity index (χ3v) is 4.57. The lowest BCUT2D eigenvalue weighted by Crippen LogP contribution is -2.17. The molecule has 0 bridgehead atoms. The van der Waals surface area contributed by atoms with Crippen LogP contribution < -0.4 is 4.74 Å². The van der Waals surface area contributed by atoms with Gasteiger partial charge in [0.2, 0.25) is 5.88 Å². The zero-order valence-corrected chi connectivity index (χ0v) is 12.0. The topological polar surface area (TPSA) is 45.9 Å². The Balaban J connectivity index is 1.72. The summed E-state index contributed by atoms with van der Waals surface area (Å²) in [5, 5.41) is 9.29. The molecule has 0 spiro atoms. The normalized spacial score (nSPS) is 19.1. The summed E-state index contributed by atoms with van der Waals surface area (Å²) >= 11 is 0. The van der Waals surface area contributed by atoms with Gasteiger partial charge in [0.15, 0.2) is 0 Å². The van der Waals surface area contributed by atoms with Gasteiger partial charge in [-0.25, -0.2) is 4.98 Å².